The predicted octanol–water partition coefficient (Wildman–Crippen LogP) is 1.76. The van der Waals surface area contributed by atoms with Crippen molar-refractivity contribution in [2.45, 2.75) is 38.6 Å². The summed E-state index contributed by atoms with van der Waals surface area (Å²) in [7, 11) is 1.62. The Balaban J connectivity index is 1.53. The predicted molar refractivity (Wildman–Crippen MR) is 102 cm³/mol. The largest absolute Gasteiger partial charge is 0.496 e. The molecule has 0 spiro atoms. The van der Waals surface area contributed by atoms with E-state index < -0.39 is 0 Å². The zero-order valence-corrected chi connectivity index (χ0v) is 16.1. The fourth-order valence-electron chi connectivity index (χ4n) is 4.18. The van der Waals surface area contributed by atoms with E-state index in [2.05, 4.69) is 20.1 Å². The Labute approximate surface area is 159 Å². The van der Waals surface area contributed by atoms with Gasteiger partial charge >= 0.3 is 0 Å². The second kappa shape index (κ2) is 7.68. The van der Waals surface area contributed by atoms with Crippen molar-refractivity contribution in [2.24, 2.45) is 0 Å². The van der Waals surface area contributed by atoms with Gasteiger partial charge in [0, 0.05) is 38.5 Å². The molecule has 1 saturated heterocycles. The summed E-state index contributed by atoms with van der Waals surface area (Å²) < 4.78 is 7.72. The summed E-state index contributed by atoms with van der Waals surface area (Å²) >= 11 is 0. The highest BCUT2D eigenvalue weighted by molar-refractivity contribution is 5.97. The summed E-state index contributed by atoms with van der Waals surface area (Å²) in [5, 5.41) is 12.4. The maximum atomic E-state index is 13.1. The van der Waals surface area contributed by atoms with Crippen LogP contribution in [0.4, 0.5) is 0 Å². The molecule has 0 radical (unpaired) electrons. The molecule has 2 aromatic rings. The second-order valence-corrected chi connectivity index (χ2v) is 7.37. The molecule has 0 bridgehead atoms. The third-order valence-electron chi connectivity index (χ3n) is 5.65. The number of aryl methyl sites for hydroxylation is 1. The number of para-hydroxylation sites is 1. The minimum atomic E-state index is 0.0233. The third kappa shape index (κ3) is 3.43. The standard InChI is InChI=1S/C20H27N5O2/c1-14-5-3-7-16(18(14)27-2)20(26)24-10-8-17-22-23-19(25(17)12-11-24)15-6-4-9-21-13-15/h3,5,7,15,21H,4,6,8-13H2,1-2H3. The van der Waals surface area contributed by atoms with Crippen LogP contribution < -0.4 is 10.1 Å². The number of methoxy groups -OCH3 is 1. The van der Waals surface area contributed by atoms with Crippen molar-refractivity contribution in [1.29, 1.82) is 0 Å². The molecule has 1 amide bonds. The molecule has 144 valence electrons. The van der Waals surface area contributed by atoms with Gasteiger partial charge in [-0.25, -0.2) is 0 Å². The van der Waals surface area contributed by atoms with Crippen LogP contribution in [0.15, 0.2) is 18.2 Å². The van der Waals surface area contributed by atoms with Gasteiger partial charge in [-0.15, -0.1) is 10.2 Å². The molecule has 1 aromatic heterocycles. The third-order valence-corrected chi connectivity index (χ3v) is 5.65. The van der Waals surface area contributed by atoms with Gasteiger partial charge in [0.25, 0.3) is 5.91 Å². The lowest BCUT2D eigenvalue weighted by Crippen LogP contribution is -2.34. The number of ether oxygens (including phenoxy) is 1. The molecule has 1 atom stereocenters. The Morgan fingerprint density at radius 2 is 2.15 bits per heavy atom. The van der Waals surface area contributed by atoms with Crippen molar-refractivity contribution in [3.05, 3.63) is 41.0 Å². The van der Waals surface area contributed by atoms with E-state index in [1.807, 2.05) is 30.0 Å². The van der Waals surface area contributed by atoms with Crippen LogP contribution in [0.5, 0.6) is 5.75 Å². The molecule has 1 N–H and O–H groups in total. The summed E-state index contributed by atoms with van der Waals surface area (Å²) in [6.45, 7) is 6.06. The van der Waals surface area contributed by atoms with Crippen molar-refractivity contribution < 1.29 is 9.53 Å². The molecule has 7 heteroatoms. The van der Waals surface area contributed by atoms with Gasteiger partial charge in [-0.05, 0) is 37.9 Å². The summed E-state index contributed by atoms with van der Waals surface area (Å²) in [6, 6.07) is 5.72. The summed E-state index contributed by atoms with van der Waals surface area (Å²) in [4.78, 5) is 15.0. The van der Waals surface area contributed by atoms with Crippen LogP contribution >= 0.6 is 0 Å². The van der Waals surface area contributed by atoms with E-state index in [4.69, 9.17) is 4.74 Å². The van der Waals surface area contributed by atoms with Crippen LogP contribution in [-0.2, 0) is 13.0 Å². The molecule has 0 aliphatic carbocycles. The van der Waals surface area contributed by atoms with Gasteiger partial charge < -0.3 is 19.5 Å². The van der Waals surface area contributed by atoms with Crippen molar-refractivity contribution in [1.82, 2.24) is 25.0 Å². The number of rotatable bonds is 3. The van der Waals surface area contributed by atoms with Gasteiger partial charge in [-0.2, -0.15) is 0 Å². The Kier molecular flexibility index (Phi) is 5.11. The molecule has 1 fully saturated rings. The molecule has 3 heterocycles. The molecule has 2 aliphatic heterocycles. The van der Waals surface area contributed by atoms with Crippen LogP contribution in [0.2, 0.25) is 0 Å². The number of piperidine rings is 1. The maximum absolute atomic E-state index is 13.1. The van der Waals surface area contributed by atoms with E-state index in [1.54, 1.807) is 7.11 Å². The first kappa shape index (κ1) is 18.0. The molecular weight excluding hydrogens is 342 g/mol. The minimum absolute atomic E-state index is 0.0233. The van der Waals surface area contributed by atoms with E-state index in [-0.39, 0.29) is 5.91 Å². The molecule has 27 heavy (non-hydrogen) atoms. The summed E-state index contributed by atoms with van der Waals surface area (Å²) in [6.07, 6.45) is 3.05. The monoisotopic (exact) mass is 369 g/mol. The van der Waals surface area contributed by atoms with Crippen LogP contribution in [0.25, 0.3) is 0 Å². The Bertz CT molecular complexity index is 826. The molecule has 7 nitrogen and oxygen atoms in total. The molecule has 4 rings (SSSR count). The molecular formula is C20H27N5O2. The van der Waals surface area contributed by atoms with E-state index in [0.717, 1.165) is 49.7 Å². The van der Waals surface area contributed by atoms with Crippen LogP contribution in [0, 0.1) is 6.92 Å². The molecule has 2 aliphatic rings. The van der Waals surface area contributed by atoms with Gasteiger partial charge in [0.05, 0.1) is 12.7 Å². The topological polar surface area (TPSA) is 72.3 Å². The minimum Gasteiger partial charge on any atom is -0.496 e. The average molecular weight is 369 g/mol. The number of aromatic nitrogens is 3. The lowest BCUT2D eigenvalue weighted by Gasteiger charge is -2.24. The van der Waals surface area contributed by atoms with E-state index in [9.17, 15) is 4.79 Å². The van der Waals surface area contributed by atoms with Crippen LogP contribution in [0.1, 0.15) is 46.3 Å². The highest BCUT2D eigenvalue weighted by Crippen LogP contribution is 2.26. The maximum Gasteiger partial charge on any atom is 0.257 e. The fourth-order valence-corrected chi connectivity index (χ4v) is 4.18. The van der Waals surface area contributed by atoms with E-state index >= 15 is 0 Å². The van der Waals surface area contributed by atoms with Crippen LogP contribution in [-0.4, -0.2) is 58.9 Å². The van der Waals surface area contributed by atoms with Gasteiger partial charge in [0.2, 0.25) is 0 Å². The number of carbonyl (C=O) groups is 1. The highest BCUT2D eigenvalue weighted by atomic mass is 16.5. The normalized spacial score (nSPS) is 20.1. The van der Waals surface area contributed by atoms with E-state index in [1.165, 1.54) is 6.42 Å². The van der Waals surface area contributed by atoms with Gasteiger partial charge in [-0.3, -0.25) is 4.79 Å². The Morgan fingerprint density at radius 1 is 1.26 bits per heavy atom. The van der Waals surface area contributed by atoms with E-state index in [0.29, 0.717) is 30.3 Å². The number of hydrogen-bond donors (Lipinski definition) is 1. The Morgan fingerprint density at radius 3 is 2.93 bits per heavy atom. The summed E-state index contributed by atoms with van der Waals surface area (Å²) in [5.74, 6) is 3.16. The number of nitrogens with one attached hydrogen (secondary N) is 1. The zero-order chi connectivity index (χ0) is 18.8. The summed E-state index contributed by atoms with van der Waals surface area (Å²) in [5.41, 5.74) is 1.61. The first-order valence-electron chi connectivity index (χ1n) is 9.74. The number of fused-ring (bicyclic) bond motifs is 1. The fraction of sp³-hybridized carbons (Fsp3) is 0.550. The lowest BCUT2D eigenvalue weighted by atomic mass is 9.99. The molecule has 0 saturated carbocycles. The van der Waals surface area contributed by atoms with Crippen molar-refractivity contribution >= 4 is 5.91 Å². The Hall–Kier alpha value is -2.41. The first-order chi connectivity index (χ1) is 13.2. The van der Waals surface area contributed by atoms with Gasteiger partial charge in [0.1, 0.15) is 17.4 Å². The SMILES string of the molecule is COc1c(C)cccc1C(=O)N1CCc2nnc(C3CCCNC3)n2CC1. The first-order valence-corrected chi connectivity index (χ1v) is 9.74. The smallest absolute Gasteiger partial charge is 0.257 e. The number of hydrogen-bond acceptors (Lipinski definition) is 5. The average Bonchev–Trinajstić information content (AvgIpc) is 2.99. The van der Waals surface area contributed by atoms with Crippen molar-refractivity contribution in [2.75, 3.05) is 33.3 Å². The zero-order valence-electron chi connectivity index (χ0n) is 16.1. The highest BCUT2D eigenvalue weighted by Gasteiger charge is 2.27. The quantitative estimate of drug-likeness (QED) is 0.893. The second-order valence-electron chi connectivity index (χ2n) is 7.37. The van der Waals surface area contributed by atoms with Gasteiger partial charge in [0.15, 0.2) is 0 Å². The number of amides is 1. The van der Waals surface area contributed by atoms with Gasteiger partial charge in [-0.1, -0.05) is 12.1 Å². The van der Waals surface area contributed by atoms with Crippen LogP contribution in [0.3, 0.4) is 0 Å². The van der Waals surface area contributed by atoms with Crippen molar-refractivity contribution in [3.63, 3.8) is 0 Å². The number of nitrogens with zero attached hydrogens (tertiary/aromatic N) is 4. The van der Waals surface area contributed by atoms with Crippen molar-refractivity contribution in [3.8, 4) is 5.75 Å². The molecule has 1 unspecified atom stereocenters. The number of benzene rings is 1. The lowest BCUT2D eigenvalue weighted by molar-refractivity contribution is 0.0755. The number of carbonyl (C=O) groups excluding carboxylic acids is 1. The molecule has 1 aromatic carbocycles.